The number of piperidine rings is 1. The normalized spacial score (nSPS) is 20.9. The van der Waals surface area contributed by atoms with Crippen LogP contribution in [0.2, 0.25) is 5.02 Å². The molecule has 2 N–H and O–H groups in total. The van der Waals surface area contributed by atoms with Crippen LogP contribution in [-0.4, -0.2) is 56.1 Å². The van der Waals surface area contributed by atoms with Crippen LogP contribution in [0.3, 0.4) is 0 Å². The Morgan fingerprint density at radius 2 is 1.92 bits per heavy atom. The van der Waals surface area contributed by atoms with Gasteiger partial charge in [0.15, 0.2) is 11.5 Å². The van der Waals surface area contributed by atoms with E-state index in [1.54, 1.807) is 4.90 Å². The van der Waals surface area contributed by atoms with Gasteiger partial charge in [-0.25, -0.2) is 13.8 Å². The van der Waals surface area contributed by atoms with E-state index in [1.165, 1.54) is 19.2 Å². The molecule has 2 saturated heterocycles. The van der Waals surface area contributed by atoms with E-state index in [1.807, 2.05) is 0 Å². The predicted octanol–water partition coefficient (Wildman–Crippen LogP) is 3.51. The number of hydrogen-bond donors (Lipinski definition) is 2. The van der Waals surface area contributed by atoms with Crippen LogP contribution in [0.4, 0.5) is 8.78 Å². The van der Waals surface area contributed by atoms with Crippen LogP contribution < -0.4 is 10.1 Å². The lowest BCUT2D eigenvalue weighted by atomic mass is 9.89. The summed E-state index contributed by atoms with van der Waals surface area (Å²) < 4.78 is 32.5. The first-order valence-electron chi connectivity index (χ1n) is 11.5. The van der Waals surface area contributed by atoms with Gasteiger partial charge in [0, 0.05) is 29.6 Å². The summed E-state index contributed by atoms with van der Waals surface area (Å²) in [5.74, 6) is -1.54. The number of H-pyrrole nitrogens is 1. The molecule has 3 aromatic rings. The highest BCUT2D eigenvalue weighted by Crippen LogP contribution is 2.40. The van der Waals surface area contributed by atoms with Crippen molar-refractivity contribution < 1.29 is 23.1 Å². The second-order valence-electron chi connectivity index (χ2n) is 8.94. The van der Waals surface area contributed by atoms with Gasteiger partial charge in [-0.15, -0.1) is 0 Å². The van der Waals surface area contributed by atoms with Gasteiger partial charge in [-0.1, -0.05) is 11.6 Å². The van der Waals surface area contributed by atoms with Gasteiger partial charge >= 0.3 is 0 Å². The molecule has 2 aliphatic heterocycles. The Labute approximate surface area is 210 Å². The van der Waals surface area contributed by atoms with Crippen molar-refractivity contribution in [3.63, 3.8) is 0 Å². The number of fused-ring (bicyclic) bond motifs is 2. The average molecular weight is 517 g/mol. The van der Waals surface area contributed by atoms with E-state index in [9.17, 15) is 18.4 Å². The highest BCUT2D eigenvalue weighted by atomic mass is 35.5. The van der Waals surface area contributed by atoms with Crippen molar-refractivity contribution in [1.82, 2.24) is 30.4 Å². The summed E-state index contributed by atoms with van der Waals surface area (Å²) in [6, 6.07) is 3.90. The van der Waals surface area contributed by atoms with E-state index in [4.69, 9.17) is 16.3 Å². The maximum atomic E-state index is 14.3. The Morgan fingerprint density at radius 3 is 2.61 bits per heavy atom. The average Bonchev–Trinajstić information content (AvgIpc) is 3.45. The molecule has 0 spiro atoms. The summed E-state index contributed by atoms with van der Waals surface area (Å²) in [5, 5.41) is 9.83. The van der Waals surface area contributed by atoms with Gasteiger partial charge in [0.25, 0.3) is 5.91 Å². The molecule has 36 heavy (non-hydrogen) atoms. The third kappa shape index (κ3) is 4.62. The van der Waals surface area contributed by atoms with Gasteiger partial charge in [0.05, 0.1) is 42.5 Å². The van der Waals surface area contributed by atoms with Crippen LogP contribution in [-0.2, 0) is 11.3 Å². The number of aromatic nitrogens is 4. The maximum Gasteiger partial charge on any atom is 0.274 e. The molecule has 0 aromatic carbocycles. The van der Waals surface area contributed by atoms with Gasteiger partial charge in [-0.2, -0.15) is 5.10 Å². The van der Waals surface area contributed by atoms with E-state index < -0.39 is 11.6 Å². The van der Waals surface area contributed by atoms with E-state index >= 15 is 0 Å². The number of ether oxygens (including phenoxy) is 1. The Hall–Kier alpha value is -3.60. The summed E-state index contributed by atoms with van der Waals surface area (Å²) in [4.78, 5) is 35.7. The second-order valence-corrected chi connectivity index (χ2v) is 9.35. The monoisotopic (exact) mass is 516 g/mol. The summed E-state index contributed by atoms with van der Waals surface area (Å²) in [6.07, 6.45) is 4.72. The highest BCUT2D eigenvalue weighted by molar-refractivity contribution is 6.31. The fraction of sp³-hybridized carbons (Fsp3) is 0.375. The van der Waals surface area contributed by atoms with Crippen LogP contribution >= 0.6 is 11.6 Å². The van der Waals surface area contributed by atoms with Crippen LogP contribution in [0, 0.1) is 17.6 Å². The molecule has 3 atom stereocenters. The lowest BCUT2D eigenvalue weighted by Crippen LogP contribution is -2.49. The fourth-order valence-corrected chi connectivity index (χ4v) is 5.27. The number of rotatable bonds is 6. The molecular formula is C24H23ClF2N6O3. The van der Waals surface area contributed by atoms with Crippen LogP contribution in [0.25, 0.3) is 11.3 Å². The molecule has 2 amide bonds. The van der Waals surface area contributed by atoms with Crippen molar-refractivity contribution in [2.24, 2.45) is 5.92 Å². The molecule has 0 radical (unpaired) electrons. The number of hydrogen-bond acceptors (Lipinski definition) is 6. The van der Waals surface area contributed by atoms with E-state index in [-0.39, 0.29) is 58.5 Å². The molecule has 12 heteroatoms. The zero-order valence-corrected chi connectivity index (χ0v) is 20.1. The lowest BCUT2D eigenvalue weighted by Gasteiger charge is -2.38. The molecule has 1 unspecified atom stereocenters. The Balaban J connectivity index is 1.24. The number of carbonyl (C=O) groups is 2. The van der Waals surface area contributed by atoms with Crippen LogP contribution in [0.1, 0.15) is 41.9 Å². The van der Waals surface area contributed by atoms with E-state index in [2.05, 4.69) is 25.5 Å². The topological polar surface area (TPSA) is 113 Å². The number of nitrogens with zero attached hydrogens (tertiary/aromatic N) is 4. The minimum atomic E-state index is -0.567. The fourth-order valence-electron chi connectivity index (χ4n) is 5.05. The zero-order valence-electron chi connectivity index (χ0n) is 19.3. The predicted molar refractivity (Wildman–Crippen MR) is 125 cm³/mol. The Bertz CT molecular complexity index is 1300. The molecule has 5 heterocycles. The number of halogens is 3. The molecule has 0 saturated carbocycles. The number of methoxy groups -OCH3 is 1. The first-order valence-corrected chi connectivity index (χ1v) is 11.9. The minimum absolute atomic E-state index is 0.0961. The van der Waals surface area contributed by atoms with Crippen molar-refractivity contribution in [3.05, 3.63) is 58.6 Å². The minimum Gasteiger partial charge on any atom is -0.481 e. The Morgan fingerprint density at radius 1 is 1.17 bits per heavy atom. The van der Waals surface area contributed by atoms with Crippen molar-refractivity contribution >= 4 is 23.4 Å². The van der Waals surface area contributed by atoms with Gasteiger partial charge in [-0.3, -0.25) is 19.7 Å². The van der Waals surface area contributed by atoms with Crippen LogP contribution in [0.5, 0.6) is 5.88 Å². The quantitative estimate of drug-likeness (QED) is 0.518. The third-order valence-electron chi connectivity index (χ3n) is 6.78. The molecule has 188 valence electrons. The Kier molecular flexibility index (Phi) is 6.57. The summed E-state index contributed by atoms with van der Waals surface area (Å²) in [5.41, 5.74) is 1.10. The number of aromatic amines is 1. The maximum absolute atomic E-state index is 14.3. The van der Waals surface area contributed by atoms with Crippen molar-refractivity contribution in [3.8, 4) is 17.1 Å². The molecule has 2 fully saturated rings. The van der Waals surface area contributed by atoms with Gasteiger partial charge in [0.1, 0.15) is 5.82 Å². The smallest absolute Gasteiger partial charge is 0.274 e. The molecular weight excluding hydrogens is 494 g/mol. The van der Waals surface area contributed by atoms with Gasteiger partial charge < -0.3 is 15.0 Å². The molecule has 5 rings (SSSR count). The van der Waals surface area contributed by atoms with E-state index in [0.29, 0.717) is 24.2 Å². The summed E-state index contributed by atoms with van der Waals surface area (Å²) in [6.45, 7) is 0.0961. The van der Waals surface area contributed by atoms with Crippen molar-refractivity contribution in [2.45, 2.75) is 44.3 Å². The first-order chi connectivity index (χ1) is 17.3. The molecule has 3 aromatic heterocycles. The van der Waals surface area contributed by atoms with Gasteiger partial charge in [-0.05, 0) is 37.8 Å². The molecule has 9 nitrogen and oxygen atoms in total. The standard InChI is InChI=1S/C24H23ClF2N6O3/c1-36-22-7-16(18(27)10-29-22)19-8-20(32-31-19)24(35)33-14-2-3-15(33)5-12(4-14)23(34)30-11-21-17(25)6-13(26)9-28-21/h6-10,12,14-15H,2-5,11H2,1H3,(H,30,34)(H,31,32)/t12?,14-,15+. The number of nitrogens with one attached hydrogen (secondary N) is 2. The zero-order chi connectivity index (χ0) is 25.4. The van der Waals surface area contributed by atoms with Crippen molar-refractivity contribution in [1.29, 1.82) is 0 Å². The lowest BCUT2D eigenvalue weighted by molar-refractivity contribution is -0.127. The number of pyridine rings is 2. The summed E-state index contributed by atoms with van der Waals surface area (Å²) >= 11 is 6.00. The molecule has 2 aliphatic rings. The number of amides is 2. The van der Waals surface area contributed by atoms with Gasteiger partial charge in [0.2, 0.25) is 11.8 Å². The SMILES string of the molecule is COc1cc(-c2cc(C(=O)N3[C@@H]4CC[C@H]3CC(C(=O)NCc3ncc(F)cc3Cl)C4)n[nH]2)c(F)cn1. The highest BCUT2D eigenvalue weighted by Gasteiger charge is 2.45. The van der Waals surface area contributed by atoms with Crippen LogP contribution in [0.15, 0.2) is 30.6 Å². The molecule has 0 aliphatic carbocycles. The third-order valence-corrected chi connectivity index (χ3v) is 7.11. The largest absolute Gasteiger partial charge is 0.481 e. The first kappa shape index (κ1) is 24.1. The number of carbonyl (C=O) groups excluding carboxylic acids is 2. The summed E-state index contributed by atoms with van der Waals surface area (Å²) in [7, 11) is 1.43. The van der Waals surface area contributed by atoms with E-state index in [0.717, 1.165) is 31.3 Å². The van der Waals surface area contributed by atoms with Crippen molar-refractivity contribution in [2.75, 3.05) is 7.11 Å². The molecule has 2 bridgehead atoms. The second kappa shape index (κ2) is 9.81.